The van der Waals surface area contributed by atoms with Gasteiger partial charge in [-0.15, -0.1) is 33.3 Å². The number of esters is 2. The van der Waals surface area contributed by atoms with Crippen molar-refractivity contribution in [3.05, 3.63) is 27.9 Å². The molecule has 2 atom stereocenters. The predicted octanol–water partition coefficient (Wildman–Crippen LogP) is 2.00. The Balaban J connectivity index is 1.46. The second kappa shape index (κ2) is 14.6. The third-order valence-corrected chi connectivity index (χ3v) is 9.75. The van der Waals surface area contributed by atoms with E-state index in [1.54, 1.807) is 10.9 Å². The van der Waals surface area contributed by atoms with Crippen molar-refractivity contribution >= 4 is 80.8 Å². The number of carbonyl (C=O) groups is 4. The molecule has 4 heterocycles. The van der Waals surface area contributed by atoms with Crippen LogP contribution in [0.5, 0.6) is 0 Å². The van der Waals surface area contributed by atoms with Crippen LogP contribution in [0.1, 0.15) is 38.3 Å². The summed E-state index contributed by atoms with van der Waals surface area (Å²) in [5, 5.41) is 15.4. The molecule has 14 nitrogen and oxygen atoms in total. The second-order valence-electron chi connectivity index (χ2n) is 8.52. The monoisotopic (exact) mass is 641 g/mol. The molecule has 4 rings (SSSR count). The zero-order valence-corrected chi connectivity index (χ0v) is 25.3. The van der Waals surface area contributed by atoms with Crippen molar-refractivity contribution in [1.29, 1.82) is 0 Å². The molecule has 18 heteroatoms. The fourth-order valence-corrected chi connectivity index (χ4v) is 7.39. The molecule has 1 saturated heterocycles. The Hall–Kier alpha value is -3.22. The van der Waals surface area contributed by atoms with Gasteiger partial charge in [0.05, 0.1) is 0 Å². The van der Waals surface area contributed by atoms with E-state index in [-0.39, 0.29) is 28.7 Å². The van der Waals surface area contributed by atoms with Gasteiger partial charge in [0, 0.05) is 23.3 Å². The number of thiazole rings is 1. The Kier molecular flexibility index (Phi) is 10.9. The highest BCUT2D eigenvalue weighted by molar-refractivity contribution is 8.01. The number of nitrogens with two attached hydrogens (primary N) is 1. The Bertz CT molecular complexity index is 1330. The van der Waals surface area contributed by atoms with E-state index in [4.69, 9.17) is 20.0 Å². The molecule has 0 aliphatic carbocycles. The van der Waals surface area contributed by atoms with E-state index in [9.17, 15) is 19.2 Å². The smallest absolute Gasteiger partial charge is 0.357 e. The molecular weight excluding hydrogens is 615 g/mol. The van der Waals surface area contributed by atoms with E-state index in [1.165, 1.54) is 46.9 Å². The molecule has 1 unspecified atom stereocenters. The maximum atomic E-state index is 13.3. The lowest BCUT2D eigenvalue weighted by atomic mass is 10.0. The number of fused-ring (bicyclic) bond motifs is 1. The number of aromatic nitrogens is 3. The highest BCUT2D eigenvalue weighted by Crippen LogP contribution is 2.42. The highest BCUT2D eigenvalue weighted by Gasteiger charge is 2.54. The predicted molar refractivity (Wildman–Crippen MR) is 154 cm³/mol. The number of carbonyl (C=O) groups excluding carboxylic acids is 4. The molecule has 2 amide bonds. The zero-order chi connectivity index (χ0) is 29.4. The van der Waals surface area contributed by atoms with E-state index in [0.29, 0.717) is 27.8 Å². The molecule has 220 valence electrons. The molecule has 0 saturated carbocycles. The lowest BCUT2D eigenvalue weighted by Gasteiger charge is -2.49. The lowest BCUT2D eigenvalue weighted by Crippen LogP contribution is -2.71. The van der Waals surface area contributed by atoms with Crippen molar-refractivity contribution in [3.8, 4) is 0 Å². The number of ether oxygens (including phenoxy) is 2. The van der Waals surface area contributed by atoms with E-state index >= 15 is 0 Å². The molecule has 2 aromatic heterocycles. The number of oxime groups is 1. The van der Waals surface area contributed by atoms with Crippen molar-refractivity contribution < 1.29 is 33.5 Å². The summed E-state index contributed by atoms with van der Waals surface area (Å²) >= 11 is 5.24. The van der Waals surface area contributed by atoms with Gasteiger partial charge in [-0.3, -0.25) is 19.3 Å². The van der Waals surface area contributed by atoms with Crippen LogP contribution in [0.4, 0.5) is 5.13 Å². The molecule has 0 radical (unpaired) electrons. The Morgan fingerprint density at radius 3 is 2.78 bits per heavy atom. The Labute approximate surface area is 251 Å². The minimum absolute atomic E-state index is 0.0568. The first-order valence-corrected chi connectivity index (χ1v) is 16.1. The maximum Gasteiger partial charge on any atom is 0.357 e. The summed E-state index contributed by atoms with van der Waals surface area (Å²) in [6.07, 6.45) is 2.76. The number of amides is 2. The first-order valence-electron chi connectivity index (χ1n) is 12.4. The molecule has 1 fully saturated rings. The average Bonchev–Trinajstić information content (AvgIpc) is 3.64. The van der Waals surface area contributed by atoms with Gasteiger partial charge >= 0.3 is 11.9 Å². The summed E-state index contributed by atoms with van der Waals surface area (Å²) < 4.78 is 11.0. The number of nitrogen functional groups attached to an aromatic ring is 1. The first kappa shape index (κ1) is 30.7. The normalized spacial score (nSPS) is 18.4. The van der Waals surface area contributed by atoms with Crippen molar-refractivity contribution in [3.63, 3.8) is 0 Å². The SMILES string of the molecule is CCCCCC(=O)OCOC(=O)C1=C(CSc2nncs2)CS[C@@H]2C(NC(=O)C(=NOC)c3csc(N)n3)C(=O)N12. The summed E-state index contributed by atoms with van der Waals surface area (Å²) in [7, 11) is 1.28. The molecule has 0 bridgehead atoms. The molecule has 41 heavy (non-hydrogen) atoms. The Morgan fingerprint density at radius 2 is 2.10 bits per heavy atom. The summed E-state index contributed by atoms with van der Waals surface area (Å²) in [4.78, 5) is 61.6. The van der Waals surface area contributed by atoms with Gasteiger partial charge in [-0.25, -0.2) is 9.78 Å². The molecule has 3 N–H and O–H groups in total. The number of nitrogens with one attached hydrogen (secondary N) is 1. The topological polar surface area (TPSA) is 188 Å². The van der Waals surface area contributed by atoms with E-state index in [2.05, 4.69) is 25.7 Å². The largest absolute Gasteiger partial charge is 0.428 e. The van der Waals surface area contributed by atoms with E-state index < -0.39 is 42.0 Å². The number of nitrogens with zero attached hydrogens (tertiary/aromatic N) is 5. The minimum atomic E-state index is -0.943. The third-order valence-electron chi connectivity index (χ3n) is 5.79. The van der Waals surface area contributed by atoms with Crippen molar-refractivity contribution in [1.82, 2.24) is 25.4 Å². The second-order valence-corrected chi connectivity index (χ2v) is 12.6. The molecule has 2 aromatic rings. The summed E-state index contributed by atoms with van der Waals surface area (Å²) in [5.41, 5.74) is 8.04. The van der Waals surface area contributed by atoms with Crippen molar-refractivity contribution in [2.24, 2.45) is 5.16 Å². The molecular formula is C23H27N7O7S4. The van der Waals surface area contributed by atoms with Gasteiger partial charge < -0.3 is 25.4 Å². The van der Waals surface area contributed by atoms with Crippen LogP contribution in [0.2, 0.25) is 0 Å². The van der Waals surface area contributed by atoms with Gasteiger partial charge in [-0.1, -0.05) is 48.0 Å². The van der Waals surface area contributed by atoms with Crippen LogP contribution in [-0.4, -0.2) is 86.4 Å². The number of hydrogen-bond donors (Lipinski definition) is 2. The zero-order valence-electron chi connectivity index (χ0n) is 22.1. The number of anilines is 1. The van der Waals surface area contributed by atoms with Crippen LogP contribution in [-0.2, 0) is 33.5 Å². The maximum absolute atomic E-state index is 13.3. The van der Waals surface area contributed by atoms with Crippen LogP contribution in [0.15, 0.2) is 31.7 Å². The van der Waals surface area contributed by atoms with Crippen LogP contribution in [0, 0.1) is 0 Å². The van der Waals surface area contributed by atoms with Gasteiger partial charge in [0.25, 0.3) is 11.8 Å². The number of hydrogen-bond acceptors (Lipinski definition) is 16. The molecule has 2 aliphatic heterocycles. The highest BCUT2D eigenvalue weighted by atomic mass is 32.2. The van der Waals surface area contributed by atoms with Gasteiger partial charge in [0.2, 0.25) is 6.79 Å². The van der Waals surface area contributed by atoms with Crippen molar-refractivity contribution in [2.45, 2.75) is 48.4 Å². The third kappa shape index (κ3) is 7.55. The standard InChI is InChI=1S/C23H27N7O7S4/c1-3-4-5-6-14(31)36-11-37-21(34)17-12(8-40-23-28-25-10-41-23)7-38-20-16(19(33)30(17)20)27-18(32)15(29-35-2)13-9-39-22(24)26-13/h9-10,16,20H,3-8,11H2,1-2H3,(H2,24,26)(H,27,32)/t16?,20-/m1/s1. The first-order chi connectivity index (χ1) is 19.8. The van der Waals surface area contributed by atoms with Crippen LogP contribution >= 0.6 is 46.2 Å². The Morgan fingerprint density at radius 1 is 1.27 bits per heavy atom. The van der Waals surface area contributed by atoms with Gasteiger partial charge in [-0.2, -0.15) is 0 Å². The van der Waals surface area contributed by atoms with Gasteiger partial charge in [0.15, 0.2) is 15.2 Å². The minimum Gasteiger partial charge on any atom is -0.428 e. The van der Waals surface area contributed by atoms with Crippen LogP contribution in [0.25, 0.3) is 0 Å². The number of β-lactam (4-membered cyclic amide) rings is 1. The average molecular weight is 642 g/mol. The number of thioether (sulfide) groups is 2. The summed E-state index contributed by atoms with van der Waals surface area (Å²) in [6, 6.07) is -0.943. The van der Waals surface area contributed by atoms with Crippen LogP contribution < -0.4 is 11.1 Å². The van der Waals surface area contributed by atoms with E-state index in [0.717, 1.165) is 24.2 Å². The summed E-state index contributed by atoms with van der Waals surface area (Å²) in [6.45, 7) is 1.45. The van der Waals surface area contributed by atoms with Crippen molar-refractivity contribution in [2.75, 3.05) is 31.1 Å². The molecule has 0 aromatic carbocycles. The van der Waals surface area contributed by atoms with Gasteiger partial charge in [0.1, 0.15) is 35.4 Å². The number of unbranched alkanes of at least 4 members (excludes halogenated alkanes) is 2. The molecule has 2 aliphatic rings. The van der Waals surface area contributed by atoms with E-state index in [1.807, 2.05) is 6.92 Å². The van der Waals surface area contributed by atoms with Gasteiger partial charge in [-0.05, 0) is 12.0 Å². The quantitative estimate of drug-likeness (QED) is 0.0580. The van der Waals surface area contributed by atoms with Crippen LogP contribution in [0.3, 0.4) is 0 Å². The lowest BCUT2D eigenvalue weighted by molar-refractivity contribution is -0.168. The summed E-state index contributed by atoms with van der Waals surface area (Å²) in [5.74, 6) is -1.73. The fraction of sp³-hybridized carbons (Fsp3) is 0.478. The fourth-order valence-electron chi connectivity index (χ4n) is 3.87. The number of rotatable bonds is 14. The molecule has 0 spiro atoms.